The first kappa shape index (κ1) is 30.2. The molecule has 0 radical (unpaired) electrons. The molecule has 1 aliphatic rings. The van der Waals surface area contributed by atoms with E-state index < -0.39 is 16.1 Å². The van der Waals surface area contributed by atoms with Crippen molar-refractivity contribution in [2.45, 2.75) is 31.7 Å². The normalized spacial score (nSPS) is 15.1. The molecule has 5 rings (SSSR count). The van der Waals surface area contributed by atoms with Crippen LogP contribution in [0.1, 0.15) is 39.4 Å². The molecule has 4 aromatic carbocycles. The zero-order chi connectivity index (χ0) is 31.6. The van der Waals surface area contributed by atoms with E-state index in [9.17, 15) is 18.9 Å². The summed E-state index contributed by atoms with van der Waals surface area (Å²) in [5.41, 5.74) is 5.21. The van der Waals surface area contributed by atoms with Gasteiger partial charge in [-0.25, -0.2) is 8.42 Å². The molecule has 1 heterocycles. The zero-order valence-corrected chi connectivity index (χ0v) is 25.9. The predicted octanol–water partition coefficient (Wildman–Crippen LogP) is 7.29. The van der Waals surface area contributed by atoms with Crippen molar-refractivity contribution in [2.75, 3.05) is 14.2 Å². The maximum absolute atomic E-state index is 14.8. The van der Waals surface area contributed by atoms with E-state index in [1.165, 1.54) is 18.5 Å². The molecule has 1 aliphatic heterocycles. The van der Waals surface area contributed by atoms with Crippen LogP contribution in [0.2, 0.25) is 0 Å². The minimum absolute atomic E-state index is 0.0338. The summed E-state index contributed by atoms with van der Waals surface area (Å²) in [5.74, 6) is 0.808. The molecule has 0 fully saturated rings. The molecule has 0 spiro atoms. The van der Waals surface area contributed by atoms with E-state index in [2.05, 4.69) is 12.1 Å². The predicted molar refractivity (Wildman–Crippen MR) is 170 cm³/mol. The van der Waals surface area contributed by atoms with Crippen LogP contribution in [0.4, 0.5) is 0 Å². The van der Waals surface area contributed by atoms with E-state index in [4.69, 9.17) is 9.47 Å². The Morgan fingerprint density at radius 1 is 0.682 bits per heavy atom. The van der Waals surface area contributed by atoms with Gasteiger partial charge in [-0.1, -0.05) is 77.4 Å². The summed E-state index contributed by atoms with van der Waals surface area (Å²) in [6.07, 6.45) is 0. The average molecular weight is 602 g/mol. The molecule has 0 N–H and O–H groups in total. The smallest absolute Gasteiger partial charge is 0.265 e. The maximum atomic E-state index is 14.8. The van der Waals surface area contributed by atoms with Gasteiger partial charge in [-0.05, 0) is 62.2 Å². The molecule has 1 unspecified atom stereocenters. The van der Waals surface area contributed by atoms with Crippen LogP contribution in [-0.4, -0.2) is 26.9 Å². The van der Waals surface area contributed by atoms with E-state index in [0.717, 1.165) is 16.7 Å². The lowest BCUT2D eigenvalue weighted by Gasteiger charge is -2.39. The highest BCUT2D eigenvalue weighted by atomic mass is 32.2. The van der Waals surface area contributed by atoms with Gasteiger partial charge in [0.05, 0.1) is 42.0 Å². The molecule has 4 aromatic rings. The van der Waals surface area contributed by atoms with Crippen LogP contribution in [0.15, 0.2) is 107 Å². The summed E-state index contributed by atoms with van der Waals surface area (Å²) in [7, 11) is -1.35. The number of methoxy groups -OCH3 is 2. The van der Waals surface area contributed by atoms with Gasteiger partial charge in [-0.15, -0.1) is 0 Å². The van der Waals surface area contributed by atoms with Gasteiger partial charge in [0, 0.05) is 11.1 Å². The minimum Gasteiger partial charge on any atom is -0.493 e. The van der Waals surface area contributed by atoms with Crippen LogP contribution < -0.4 is 9.47 Å². The fourth-order valence-electron chi connectivity index (χ4n) is 5.38. The van der Waals surface area contributed by atoms with Crippen molar-refractivity contribution in [1.29, 1.82) is 10.5 Å². The van der Waals surface area contributed by atoms with Gasteiger partial charge < -0.3 is 9.47 Å². The number of sulfonamides is 1. The van der Waals surface area contributed by atoms with Crippen LogP contribution >= 0.6 is 0 Å². The van der Waals surface area contributed by atoms with Crippen molar-refractivity contribution in [3.63, 3.8) is 0 Å². The Balaban J connectivity index is 1.96. The Morgan fingerprint density at radius 2 is 1.20 bits per heavy atom. The third-order valence-corrected chi connectivity index (χ3v) is 9.46. The number of allylic oxidation sites excluding steroid dienone is 2. The summed E-state index contributed by atoms with van der Waals surface area (Å²) in [6.45, 7) is 5.76. The topological polar surface area (TPSA) is 103 Å². The molecule has 0 saturated carbocycles. The van der Waals surface area contributed by atoms with E-state index >= 15 is 0 Å². The molecule has 7 nitrogen and oxygen atoms in total. The van der Waals surface area contributed by atoms with E-state index in [1.807, 2.05) is 69.3 Å². The van der Waals surface area contributed by atoms with Crippen molar-refractivity contribution in [3.8, 4) is 23.6 Å². The largest absolute Gasteiger partial charge is 0.493 e. The van der Waals surface area contributed by atoms with Gasteiger partial charge in [0.2, 0.25) is 0 Å². The highest BCUT2D eigenvalue weighted by molar-refractivity contribution is 7.89. The highest BCUT2D eigenvalue weighted by Gasteiger charge is 2.44. The first-order chi connectivity index (χ1) is 21.1. The Kier molecular flexibility index (Phi) is 8.31. The molecular formula is C36H31N3O4S. The average Bonchev–Trinajstić information content (AvgIpc) is 3.04. The van der Waals surface area contributed by atoms with Gasteiger partial charge >= 0.3 is 0 Å². The number of nitrogens with zero attached hydrogens (tertiary/aromatic N) is 3. The summed E-state index contributed by atoms with van der Waals surface area (Å²) in [5, 5.41) is 21.6. The first-order valence-electron chi connectivity index (χ1n) is 13.9. The second-order valence-electron chi connectivity index (χ2n) is 10.6. The third-order valence-electron chi connectivity index (χ3n) is 7.68. The summed E-state index contributed by atoms with van der Waals surface area (Å²) < 4.78 is 41.9. The monoisotopic (exact) mass is 601 g/mol. The summed E-state index contributed by atoms with van der Waals surface area (Å²) >= 11 is 0. The molecule has 0 aliphatic carbocycles. The first-order valence-corrected chi connectivity index (χ1v) is 15.3. The fraction of sp³-hybridized carbons (Fsp3) is 0.167. The molecule has 0 amide bonds. The molecular weight excluding hydrogens is 570 g/mol. The zero-order valence-electron chi connectivity index (χ0n) is 25.1. The summed E-state index contributed by atoms with van der Waals surface area (Å²) in [4.78, 5) is 0.0338. The van der Waals surface area contributed by atoms with Crippen LogP contribution in [0.25, 0.3) is 11.3 Å². The number of aryl methyl sites for hydroxylation is 3. The standard InChI is InChI=1S/C36H31N3O4S/c1-23-6-12-26(13-7-23)34-30(21-37)35(27-14-8-24(2)9-15-27)39(44(40,41)29-17-10-25(3)11-18-29)36(31(34)22-38)28-16-19-32(42-4)33(20-28)43-5/h6-20,35H,1-5H3. The van der Waals surface area contributed by atoms with Gasteiger partial charge in [0.15, 0.2) is 11.5 Å². The maximum Gasteiger partial charge on any atom is 0.265 e. The molecule has 0 saturated heterocycles. The highest BCUT2D eigenvalue weighted by Crippen LogP contribution is 2.50. The Hall–Kier alpha value is -5.31. The van der Waals surface area contributed by atoms with Crippen LogP contribution in [-0.2, 0) is 10.0 Å². The summed E-state index contributed by atoms with van der Waals surface area (Å²) in [6, 6.07) is 30.0. The van der Waals surface area contributed by atoms with E-state index in [0.29, 0.717) is 33.8 Å². The van der Waals surface area contributed by atoms with Gasteiger partial charge in [0.1, 0.15) is 12.1 Å². The molecule has 220 valence electrons. The van der Waals surface area contributed by atoms with Crippen LogP contribution in [0, 0.1) is 43.4 Å². The van der Waals surface area contributed by atoms with Crippen molar-refractivity contribution in [2.24, 2.45) is 0 Å². The Morgan fingerprint density at radius 3 is 1.73 bits per heavy atom. The Bertz CT molecular complexity index is 1980. The fourth-order valence-corrected chi connectivity index (χ4v) is 7.03. The Labute approximate surface area is 258 Å². The van der Waals surface area contributed by atoms with Crippen molar-refractivity contribution < 1.29 is 17.9 Å². The second-order valence-corrected chi connectivity index (χ2v) is 12.4. The number of hydrogen-bond donors (Lipinski definition) is 0. The van der Waals surface area contributed by atoms with Crippen LogP contribution in [0.3, 0.4) is 0 Å². The second kappa shape index (κ2) is 12.1. The number of nitriles is 2. The van der Waals surface area contributed by atoms with Gasteiger partial charge in [-0.3, -0.25) is 4.31 Å². The number of benzene rings is 4. The van der Waals surface area contributed by atoms with E-state index in [1.54, 1.807) is 42.5 Å². The van der Waals surface area contributed by atoms with Gasteiger partial charge in [-0.2, -0.15) is 10.5 Å². The quantitative estimate of drug-likeness (QED) is 0.220. The molecule has 1 atom stereocenters. The van der Waals surface area contributed by atoms with E-state index in [-0.39, 0.29) is 21.7 Å². The number of rotatable bonds is 7. The van der Waals surface area contributed by atoms with Gasteiger partial charge in [0.25, 0.3) is 10.0 Å². The van der Waals surface area contributed by atoms with Crippen molar-refractivity contribution >= 4 is 21.3 Å². The minimum atomic E-state index is -4.35. The molecule has 0 bridgehead atoms. The molecule has 8 heteroatoms. The lowest BCUT2D eigenvalue weighted by molar-refractivity contribution is 0.354. The molecule has 44 heavy (non-hydrogen) atoms. The molecule has 0 aromatic heterocycles. The van der Waals surface area contributed by atoms with Crippen molar-refractivity contribution in [3.05, 3.63) is 136 Å². The van der Waals surface area contributed by atoms with Crippen LogP contribution in [0.5, 0.6) is 11.5 Å². The SMILES string of the molecule is COc1ccc(C2=C(C#N)C(c3ccc(C)cc3)=C(C#N)C(c3ccc(C)cc3)N2S(=O)(=O)c2ccc(C)cc2)cc1OC. The third kappa shape index (κ3) is 5.32. The number of hydrogen-bond acceptors (Lipinski definition) is 6. The number of ether oxygens (including phenoxy) is 2. The lowest BCUT2D eigenvalue weighted by atomic mass is 9.82. The van der Waals surface area contributed by atoms with Crippen molar-refractivity contribution in [1.82, 2.24) is 4.31 Å². The lowest BCUT2D eigenvalue weighted by Crippen LogP contribution is -2.38.